The first-order chi connectivity index (χ1) is 12.0. The van der Waals surface area contributed by atoms with Gasteiger partial charge in [-0.3, -0.25) is 19.6 Å². The van der Waals surface area contributed by atoms with Crippen molar-refractivity contribution in [3.05, 3.63) is 64.2 Å². The van der Waals surface area contributed by atoms with E-state index in [4.69, 9.17) is 0 Å². The topological polar surface area (TPSA) is 118 Å². The first kappa shape index (κ1) is 19.4. The minimum atomic E-state index is -4.14. The average molecular weight is 377 g/mol. The van der Waals surface area contributed by atoms with E-state index in [0.717, 1.165) is 12.1 Å². The van der Waals surface area contributed by atoms with Crippen molar-refractivity contribution in [3.8, 4) is 0 Å². The van der Waals surface area contributed by atoms with E-state index in [-0.39, 0.29) is 11.6 Å². The van der Waals surface area contributed by atoms with Crippen molar-refractivity contribution in [2.45, 2.75) is 31.2 Å². The van der Waals surface area contributed by atoms with Crippen LogP contribution in [0.1, 0.15) is 31.1 Å². The lowest BCUT2D eigenvalue weighted by atomic mass is 10.1. The number of nitrogens with one attached hydrogen (secondary N) is 2. The Bertz CT molecular complexity index is 932. The summed E-state index contributed by atoms with van der Waals surface area (Å²) < 4.78 is 27.2. The van der Waals surface area contributed by atoms with Crippen LogP contribution in [0.3, 0.4) is 0 Å². The zero-order valence-corrected chi connectivity index (χ0v) is 15.3. The van der Waals surface area contributed by atoms with Gasteiger partial charge in [-0.25, -0.2) is 8.42 Å². The molecule has 0 fully saturated rings. The fraction of sp³-hybridized carbons (Fsp3) is 0.235. The van der Waals surface area contributed by atoms with Crippen molar-refractivity contribution in [1.29, 1.82) is 0 Å². The minimum absolute atomic E-state index is 0.190. The quantitative estimate of drug-likeness (QED) is 0.613. The van der Waals surface area contributed by atoms with Gasteiger partial charge in [0.2, 0.25) is 0 Å². The third kappa shape index (κ3) is 4.79. The van der Waals surface area contributed by atoms with Gasteiger partial charge in [0.25, 0.3) is 21.6 Å². The summed E-state index contributed by atoms with van der Waals surface area (Å²) in [5.41, 5.74) is -0.353. The van der Waals surface area contributed by atoms with E-state index in [1.807, 2.05) is 20.8 Å². The molecule has 0 spiro atoms. The fourth-order valence-electron chi connectivity index (χ4n) is 2.15. The van der Waals surface area contributed by atoms with E-state index in [2.05, 4.69) is 10.0 Å². The van der Waals surface area contributed by atoms with Gasteiger partial charge < -0.3 is 5.32 Å². The van der Waals surface area contributed by atoms with Gasteiger partial charge in [0.05, 0.1) is 4.92 Å². The number of nitro groups is 1. The van der Waals surface area contributed by atoms with Gasteiger partial charge in [0.15, 0.2) is 4.90 Å². The standard InChI is InChI=1S/C17H19N3O5S/c1-17(2,3)18-16(21)12-8-10-13(11-9-12)19-26(24,25)15-7-5-4-6-14(15)20(22)23/h4-11,19H,1-3H3,(H,18,21). The molecule has 2 N–H and O–H groups in total. The molecule has 0 heterocycles. The first-order valence-electron chi connectivity index (χ1n) is 7.68. The molecule has 0 saturated heterocycles. The monoisotopic (exact) mass is 377 g/mol. The number of hydrogen-bond donors (Lipinski definition) is 2. The van der Waals surface area contributed by atoms with E-state index in [1.54, 1.807) is 0 Å². The highest BCUT2D eigenvalue weighted by molar-refractivity contribution is 7.92. The van der Waals surface area contributed by atoms with Crippen molar-refractivity contribution in [1.82, 2.24) is 5.32 Å². The molecular weight excluding hydrogens is 358 g/mol. The van der Waals surface area contributed by atoms with Crippen molar-refractivity contribution < 1.29 is 18.1 Å². The van der Waals surface area contributed by atoms with Gasteiger partial charge in [-0.2, -0.15) is 0 Å². The Morgan fingerprint density at radius 1 is 1.04 bits per heavy atom. The number of nitro benzene ring substituents is 1. The van der Waals surface area contributed by atoms with Crippen LogP contribution in [0.25, 0.3) is 0 Å². The average Bonchev–Trinajstić information content (AvgIpc) is 2.53. The minimum Gasteiger partial charge on any atom is -0.347 e. The van der Waals surface area contributed by atoms with Crippen LogP contribution in [-0.4, -0.2) is 24.8 Å². The fourth-order valence-corrected chi connectivity index (χ4v) is 3.38. The largest absolute Gasteiger partial charge is 0.347 e. The smallest absolute Gasteiger partial charge is 0.289 e. The Morgan fingerprint density at radius 3 is 2.15 bits per heavy atom. The van der Waals surface area contributed by atoms with Crippen LogP contribution >= 0.6 is 0 Å². The Balaban J connectivity index is 2.24. The summed E-state index contributed by atoms with van der Waals surface area (Å²) in [6, 6.07) is 10.9. The summed E-state index contributed by atoms with van der Waals surface area (Å²) in [7, 11) is -4.14. The lowest BCUT2D eigenvalue weighted by Gasteiger charge is -2.20. The van der Waals surface area contributed by atoms with E-state index in [1.165, 1.54) is 36.4 Å². The Labute approximate surface area is 151 Å². The Hall–Kier alpha value is -2.94. The van der Waals surface area contributed by atoms with Gasteiger partial charge in [-0.05, 0) is 51.1 Å². The number of hydrogen-bond acceptors (Lipinski definition) is 5. The maximum atomic E-state index is 12.4. The number of amides is 1. The second-order valence-electron chi connectivity index (χ2n) is 6.61. The highest BCUT2D eigenvalue weighted by Gasteiger charge is 2.25. The predicted molar refractivity (Wildman–Crippen MR) is 97.6 cm³/mol. The molecule has 1 amide bonds. The molecule has 2 aromatic carbocycles. The number of benzene rings is 2. The normalized spacial score (nSPS) is 11.7. The maximum Gasteiger partial charge on any atom is 0.289 e. The molecule has 0 aromatic heterocycles. The van der Waals surface area contributed by atoms with E-state index in [0.29, 0.717) is 5.56 Å². The number of nitrogens with zero attached hydrogens (tertiary/aromatic N) is 1. The molecule has 0 aliphatic carbocycles. The summed E-state index contributed by atoms with van der Waals surface area (Å²) in [6.07, 6.45) is 0. The van der Waals surface area contributed by atoms with Crippen LogP contribution in [0.15, 0.2) is 53.4 Å². The lowest BCUT2D eigenvalue weighted by molar-refractivity contribution is -0.387. The van der Waals surface area contributed by atoms with E-state index < -0.39 is 31.1 Å². The predicted octanol–water partition coefficient (Wildman–Crippen LogP) is 2.92. The highest BCUT2D eigenvalue weighted by Crippen LogP contribution is 2.25. The summed E-state index contributed by atoms with van der Waals surface area (Å²) >= 11 is 0. The molecule has 0 unspecified atom stereocenters. The first-order valence-corrected chi connectivity index (χ1v) is 9.17. The van der Waals surface area contributed by atoms with Crippen LogP contribution in [0.2, 0.25) is 0 Å². The van der Waals surface area contributed by atoms with Crippen LogP contribution in [0.4, 0.5) is 11.4 Å². The summed E-state index contributed by atoms with van der Waals surface area (Å²) in [5, 5.41) is 13.8. The van der Waals surface area contributed by atoms with Crippen LogP contribution in [0, 0.1) is 10.1 Å². The number of carbonyl (C=O) groups excluding carboxylic acids is 1. The van der Waals surface area contributed by atoms with Gasteiger partial charge in [-0.1, -0.05) is 12.1 Å². The number of anilines is 1. The number of para-hydroxylation sites is 1. The molecule has 0 bridgehead atoms. The van der Waals surface area contributed by atoms with Crippen molar-refractivity contribution in [2.24, 2.45) is 0 Å². The second kappa shape index (κ2) is 7.12. The van der Waals surface area contributed by atoms with Crippen molar-refractivity contribution >= 4 is 27.3 Å². The molecular formula is C17H19N3O5S. The van der Waals surface area contributed by atoms with Crippen molar-refractivity contribution in [2.75, 3.05) is 4.72 Å². The van der Waals surface area contributed by atoms with E-state index in [9.17, 15) is 23.3 Å². The number of carbonyl (C=O) groups is 1. The van der Waals surface area contributed by atoms with E-state index >= 15 is 0 Å². The lowest BCUT2D eigenvalue weighted by Crippen LogP contribution is -2.40. The van der Waals surface area contributed by atoms with Crippen molar-refractivity contribution in [3.63, 3.8) is 0 Å². The van der Waals surface area contributed by atoms with Gasteiger partial charge in [0, 0.05) is 22.9 Å². The molecule has 8 nitrogen and oxygen atoms in total. The molecule has 9 heteroatoms. The van der Waals surface area contributed by atoms with Crippen LogP contribution in [-0.2, 0) is 10.0 Å². The molecule has 0 saturated carbocycles. The molecule has 0 radical (unpaired) electrons. The molecule has 2 rings (SSSR count). The number of rotatable bonds is 5. The third-order valence-electron chi connectivity index (χ3n) is 3.24. The molecule has 0 atom stereocenters. The summed E-state index contributed by atoms with van der Waals surface area (Å²) in [5.74, 6) is -0.286. The number of sulfonamides is 1. The second-order valence-corrected chi connectivity index (χ2v) is 8.26. The molecule has 0 aliphatic rings. The maximum absolute atomic E-state index is 12.4. The van der Waals surface area contributed by atoms with Gasteiger partial charge >= 0.3 is 0 Å². The summed E-state index contributed by atoms with van der Waals surface area (Å²) in [4.78, 5) is 21.9. The van der Waals surface area contributed by atoms with Gasteiger partial charge in [-0.15, -0.1) is 0 Å². The highest BCUT2D eigenvalue weighted by atomic mass is 32.2. The molecule has 138 valence electrons. The Morgan fingerprint density at radius 2 is 1.62 bits per heavy atom. The SMILES string of the molecule is CC(C)(C)NC(=O)c1ccc(NS(=O)(=O)c2ccccc2[N+](=O)[O-])cc1. The summed E-state index contributed by atoms with van der Waals surface area (Å²) in [6.45, 7) is 5.54. The Kier molecular flexibility index (Phi) is 5.31. The molecule has 26 heavy (non-hydrogen) atoms. The molecule has 2 aromatic rings. The molecule has 0 aliphatic heterocycles. The van der Waals surface area contributed by atoms with Crippen LogP contribution in [0.5, 0.6) is 0 Å². The van der Waals surface area contributed by atoms with Crippen LogP contribution < -0.4 is 10.0 Å². The zero-order chi connectivity index (χ0) is 19.5. The zero-order valence-electron chi connectivity index (χ0n) is 14.5. The third-order valence-corrected chi connectivity index (χ3v) is 4.67. The van der Waals surface area contributed by atoms with Gasteiger partial charge in [0.1, 0.15) is 0 Å².